The van der Waals surface area contributed by atoms with Gasteiger partial charge in [0.05, 0.1) is 18.6 Å². The van der Waals surface area contributed by atoms with Gasteiger partial charge in [-0.3, -0.25) is 4.79 Å². The normalized spacial score (nSPS) is 13.6. The Morgan fingerprint density at radius 2 is 2.00 bits per heavy atom. The highest BCUT2D eigenvalue weighted by molar-refractivity contribution is 5.69. The highest BCUT2D eigenvalue weighted by Gasteiger charge is 2.19. The number of carbonyl (C=O) groups is 1. The first-order valence-electron chi connectivity index (χ1n) is 7.80. The second-order valence-corrected chi connectivity index (χ2v) is 5.49. The first-order chi connectivity index (χ1) is 10.4. The number of aliphatic hydroxyl groups excluding tert-OH is 1. The lowest BCUT2D eigenvalue weighted by molar-refractivity contribution is -0.142. The fourth-order valence-corrected chi connectivity index (χ4v) is 2.43. The van der Waals surface area contributed by atoms with E-state index in [0.717, 1.165) is 6.42 Å². The number of phenolic OH excluding ortho intramolecular Hbond substituents is 1. The molecule has 124 valence electrons. The molecule has 0 aliphatic heterocycles. The maximum absolute atomic E-state index is 11.0. The first kappa shape index (κ1) is 18.3. The fraction of sp³-hybridized carbons (Fsp3) is 0.588. The summed E-state index contributed by atoms with van der Waals surface area (Å²) in [6, 6.07) is 3.20. The number of phenols is 1. The third-order valence-corrected chi connectivity index (χ3v) is 3.77. The molecule has 22 heavy (non-hydrogen) atoms. The summed E-state index contributed by atoms with van der Waals surface area (Å²) in [4.78, 5) is 11.0. The lowest BCUT2D eigenvalue weighted by Crippen LogP contribution is -2.16. The molecular formula is C17H26O5. The Bertz CT molecular complexity index is 496. The van der Waals surface area contributed by atoms with E-state index in [1.54, 1.807) is 19.1 Å². The average molecular weight is 310 g/mol. The van der Waals surface area contributed by atoms with Crippen LogP contribution in [0, 0.1) is 5.92 Å². The zero-order chi connectivity index (χ0) is 16.7. The lowest BCUT2D eigenvalue weighted by atomic mass is 10.00. The summed E-state index contributed by atoms with van der Waals surface area (Å²) in [5, 5.41) is 29.0. The molecule has 2 atom stereocenters. The fourth-order valence-electron chi connectivity index (χ4n) is 2.43. The van der Waals surface area contributed by atoms with Crippen LogP contribution >= 0.6 is 0 Å². The number of aliphatic hydroxyl groups is 1. The van der Waals surface area contributed by atoms with Gasteiger partial charge >= 0.3 is 5.97 Å². The molecule has 0 aliphatic carbocycles. The SMILES string of the molecule is CCCc1c(O)ccc(C(C)O)c1OCCC(CC)C(=O)O. The molecule has 0 fully saturated rings. The molecule has 5 nitrogen and oxygen atoms in total. The van der Waals surface area contributed by atoms with Gasteiger partial charge in [-0.15, -0.1) is 0 Å². The predicted molar refractivity (Wildman–Crippen MR) is 84.3 cm³/mol. The van der Waals surface area contributed by atoms with Crippen molar-refractivity contribution < 1.29 is 24.9 Å². The summed E-state index contributed by atoms with van der Waals surface area (Å²) in [6.45, 7) is 5.71. The van der Waals surface area contributed by atoms with Gasteiger partial charge in [0.1, 0.15) is 11.5 Å². The van der Waals surface area contributed by atoms with Crippen molar-refractivity contribution in [2.45, 2.75) is 52.6 Å². The molecule has 0 aliphatic rings. The lowest BCUT2D eigenvalue weighted by Gasteiger charge is -2.19. The van der Waals surface area contributed by atoms with Crippen molar-refractivity contribution in [1.82, 2.24) is 0 Å². The second kappa shape index (κ2) is 8.63. The topological polar surface area (TPSA) is 87.0 Å². The summed E-state index contributed by atoms with van der Waals surface area (Å²) >= 11 is 0. The molecule has 1 aromatic carbocycles. The van der Waals surface area contributed by atoms with Crippen LogP contribution in [0.2, 0.25) is 0 Å². The Morgan fingerprint density at radius 3 is 2.50 bits per heavy atom. The maximum Gasteiger partial charge on any atom is 0.306 e. The van der Waals surface area contributed by atoms with Crippen LogP contribution in [-0.2, 0) is 11.2 Å². The third kappa shape index (κ3) is 4.63. The molecule has 0 aromatic heterocycles. The molecule has 1 aromatic rings. The number of rotatable bonds is 9. The third-order valence-electron chi connectivity index (χ3n) is 3.77. The number of ether oxygens (including phenoxy) is 1. The Hall–Kier alpha value is -1.75. The Kier molecular flexibility index (Phi) is 7.18. The van der Waals surface area contributed by atoms with Crippen molar-refractivity contribution in [2.24, 2.45) is 5.92 Å². The molecule has 0 saturated carbocycles. The molecule has 3 N–H and O–H groups in total. The smallest absolute Gasteiger partial charge is 0.306 e. The maximum atomic E-state index is 11.0. The Morgan fingerprint density at radius 1 is 1.32 bits per heavy atom. The molecule has 5 heteroatoms. The molecule has 0 saturated heterocycles. The molecule has 0 radical (unpaired) electrons. The largest absolute Gasteiger partial charge is 0.508 e. The predicted octanol–water partition coefficient (Wildman–Crippen LogP) is 3.28. The monoisotopic (exact) mass is 310 g/mol. The molecule has 0 bridgehead atoms. The molecule has 0 spiro atoms. The van der Waals surface area contributed by atoms with Gasteiger partial charge in [-0.05, 0) is 38.3 Å². The van der Waals surface area contributed by atoms with Gasteiger partial charge in [-0.2, -0.15) is 0 Å². The van der Waals surface area contributed by atoms with Crippen LogP contribution in [0.4, 0.5) is 0 Å². The van der Waals surface area contributed by atoms with E-state index in [9.17, 15) is 15.0 Å². The van der Waals surface area contributed by atoms with Crippen molar-refractivity contribution in [3.63, 3.8) is 0 Å². The summed E-state index contributed by atoms with van der Waals surface area (Å²) < 4.78 is 5.76. The standard InChI is InChI=1S/C17H26O5/c1-4-6-14-15(19)8-7-13(11(3)18)16(14)22-10-9-12(5-2)17(20)21/h7-8,11-12,18-19H,4-6,9-10H2,1-3H3,(H,20,21). The van der Waals surface area contributed by atoms with Gasteiger partial charge in [0, 0.05) is 11.1 Å². The minimum Gasteiger partial charge on any atom is -0.508 e. The molecule has 0 heterocycles. The number of benzene rings is 1. The minimum absolute atomic E-state index is 0.145. The van der Waals surface area contributed by atoms with Gasteiger partial charge in [-0.1, -0.05) is 20.3 Å². The van der Waals surface area contributed by atoms with E-state index in [1.165, 1.54) is 0 Å². The second-order valence-electron chi connectivity index (χ2n) is 5.49. The van der Waals surface area contributed by atoms with Gasteiger partial charge in [-0.25, -0.2) is 0 Å². The number of aliphatic carboxylic acids is 1. The zero-order valence-electron chi connectivity index (χ0n) is 13.5. The number of aromatic hydroxyl groups is 1. The van der Waals surface area contributed by atoms with Crippen molar-refractivity contribution in [3.8, 4) is 11.5 Å². The van der Waals surface area contributed by atoms with Gasteiger partial charge in [0.15, 0.2) is 0 Å². The molecule has 1 rings (SSSR count). The van der Waals surface area contributed by atoms with Crippen LogP contribution in [0.25, 0.3) is 0 Å². The van der Waals surface area contributed by atoms with Crippen molar-refractivity contribution in [2.75, 3.05) is 6.61 Å². The van der Waals surface area contributed by atoms with Crippen LogP contribution in [0.5, 0.6) is 11.5 Å². The Labute approximate surface area is 131 Å². The summed E-state index contributed by atoms with van der Waals surface area (Å²) in [5.74, 6) is -0.642. The highest BCUT2D eigenvalue weighted by atomic mass is 16.5. The summed E-state index contributed by atoms with van der Waals surface area (Å²) in [5.41, 5.74) is 1.29. The molecule has 0 amide bonds. The van der Waals surface area contributed by atoms with E-state index in [4.69, 9.17) is 9.84 Å². The van der Waals surface area contributed by atoms with E-state index in [1.807, 2.05) is 13.8 Å². The van der Waals surface area contributed by atoms with Crippen LogP contribution in [0.15, 0.2) is 12.1 Å². The van der Waals surface area contributed by atoms with Crippen LogP contribution < -0.4 is 4.74 Å². The zero-order valence-corrected chi connectivity index (χ0v) is 13.5. The van der Waals surface area contributed by atoms with E-state index in [2.05, 4.69) is 0 Å². The van der Waals surface area contributed by atoms with Crippen LogP contribution in [0.1, 0.15) is 57.3 Å². The van der Waals surface area contributed by atoms with Gasteiger partial charge in [0.25, 0.3) is 0 Å². The van der Waals surface area contributed by atoms with E-state index in [0.29, 0.717) is 36.1 Å². The van der Waals surface area contributed by atoms with Crippen molar-refractivity contribution in [3.05, 3.63) is 23.3 Å². The van der Waals surface area contributed by atoms with E-state index >= 15 is 0 Å². The van der Waals surface area contributed by atoms with Crippen LogP contribution in [-0.4, -0.2) is 27.9 Å². The van der Waals surface area contributed by atoms with Gasteiger partial charge in [0.2, 0.25) is 0 Å². The van der Waals surface area contributed by atoms with E-state index in [-0.39, 0.29) is 12.4 Å². The van der Waals surface area contributed by atoms with Crippen molar-refractivity contribution in [1.29, 1.82) is 0 Å². The summed E-state index contributed by atoms with van der Waals surface area (Å²) in [7, 11) is 0. The highest BCUT2D eigenvalue weighted by Crippen LogP contribution is 2.36. The van der Waals surface area contributed by atoms with E-state index < -0.39 is 18.0 Å². The first-order valence-corrected chi connectivity index (χ1v) is 7.80. The van der Waals surface area contributed by atoms with Gasteiger partial charge < -0.3 is 20.1 Å². The molecular weight excluding hydrogens is 284 g/mol. The minimum atomic E-state index is -0.827. The summed E-state index contributed by atoms with van der Waals surface area (Å²) in [6.07, 6.45) is 1.70. The number of carboxylic acid groups (broad SMARTS) is 1. The number of hydrogen-bond acceptors (Lipinski definition) is 4. The average Bonchev–Trinajstić information content (AvgIpc) is 2.46. The Balaban J connectivity index is 2.95. The quantitative estimate of drug-likeness (QED) is 0.651. The van der Waals surface area contributed by atoms with Crippen molar-refractivity contribution >= 4 is 5.97 Å². The number of hydrogen-bond donors (Lipinski definition) is 3. The molecule has 2 unspecified atom stereocenters. The van der Waals surface area contributed by atoms with Crippen LogP contribution in [0.3, 0.4) is 0 Å². The number of carboxylic acids is 1.